The number of benzene rings is 1. The maximum absolute atomic E-state index is 12.3. The fraction of sp³-hybridized carbons (Fsp3) is 0.429. The van der Waals surface area contributed by atoms with Gasteiger partial charge in [0.1, 0.15) is 0 Å². The van der Waals surface area contributed by atoms with Crippen LogP contribution in [0.2, 0.25) is 0 Å². The smallest absolute Gasteiger partial charge is 0.255 e. The van der Waals surface area contributed by atoms with E-state index in [1.54, 1.807) is 39.0 Å². The summed E-state index contributed by atoms with van der Waals surface area (Å²) >= 11 is 0. The van der Waals surface area contributed by atoms with Gasteiger partial charge >= 0.3 is 0 Å². The van der Waals surface area contributed by atoms with Crippen LogP contribution in [0.5, 0.6) is 0 Å². The largest absolute Gasteiger partial charge is 0.387 e. The van der Waals surface area contributed by atoms with Crippen molar-refractivity contribution in [1.82, 2.24) is 10.2 Å². The number of carbonyl (C=O) groups is 2. The molecule has 1 rings (SSSR count). The molecule has 5 heteroatoms. The van der Waals surface area contributed by atoms with Crippen molar-refractivity contribution < 1.29 is 9.59 Å². The molecule has 2 amide bonds. The minimum Gasteiger partial charge on any atom is -0.387 e. The van der Waals surface area contributed by atoms with Crippen molar-refractivity contribution in [2.75, 3.05) is 33.0 Å². The Morgan fingerprint density at radius 1 is 1.26 bits per heavy atom. The van der Waals surface area contributed by atoms with E-state index in [9.17, 15) is 9.59 Å². The third-order valence-electron chi connectivity index (χ3n) is 3.02. The second kappa shape index (κ2) is 6.78. The molecule has 0 heterocycles. The molecule has 5 nitrogen and oxygen atoms in total. The van der Waals surface area contributed by atoms with Crippen LogP contribution in [-0.2, 0) is 4.79 Å². The first-order chi connectivity index (χ1) is 9.01. The number of nitrogens with zero attached hydrogens (tertiary/aromatic N) is 1. The molecule has 1 atom stereocenters. The summed E-state index contributed by atoms with van der Waals surface area (Å²) in [5, 5.41) is 5.57. The molecule has 0 aliphatic rings. The van der Waals surface area contributed by atoms with Gasteiger partial charge in [-0.15, -0.1) is 0 Å². The summed E-state index contributed by atoms with van der Waals surface area (Å²) in [5.41, 5.74) is 1.39. The van der Waals surface area contributed by atoms with Crippen LogP contribution in [0.15, 0.2) is 24.3 Å². The summed E-state index contributed by atoms with van der Waals surface area (Å²) in [6.07, 6.45) is 0. The van der Waals surface area contributed by atoms with Gasteiger partial charge in [-0.2, -0.15) is 0 Å². The molecule has 19 heavy (non-hydrogen) atoms. The van der Waals surface area contributed by atoms with Gasteiger partial charge in [-0.1, -0.05) is 19.1 Å². The number of rotatable bonds is 5. The average Bonchev–Trinajstić information content (AvgIpc) is 2.45. The first-order valence-electron chi connectivity index (χ1n) is 6.25. The maximum Gasteiger partial charge on any atom is 0.255 e. The second-order valence-electron chi connectivity index (χ2n) is 4.50. The summed E-state index contributed by atoms with van der Waals surface area (Å²) in [6, 6.07) is 7.32. The first-order valence-corrected chi connectivity index (χ1v) is 6.25. The van der Waals surface area contributed by atoms with Crippen molar-refractivity contribution in [3.63, 3.8) is 0 Å². The van der Waals surface area contributed by atoms with E-state index < -0.39 is 0 Å². The Balaban J connectivity index is 2.79. The Labute approximate surface area is 114 Å². The topological polar surface area (TPSA) is 61.4 Å². The molecule has 0 spiro atoms. The van der Waals surface area contributed by atoms with E-state index in [0.29, 0.717) is 12.1 Å². The molecule has 0 aliphatic heterocycles. The molecule has 104 valence electrons. The quantitative estimate of drug-likeness (QED) is 0.838. The molecule has 0 radical (unpaired) electrons. The monoisotopic (exact) mass is 263 g/mol. The number of nitrogens with one attached hydrogen (secondary N) is 2. The lowest BCUT2D eigenvalue weighted by molar-refractivity contribution is -0.124. The first kappa shape index (κ1) is 15.0. The van der Waals surface area contributed by atoms with Crippen LogP contribution in [0.1, 0.15) is 17.3 Å². The highest BCUT2D eigenvalue weighted by Gasteiger charge is 2.19. The lowest BCUT2D eigenvalue weighted by atomic mass is 10.1. The van der Waals surface area contributed by atoms with E-state index in [0.717, 1.165) is 5.69 Å². The molecule has 0 bridgehead atoms. The van der Waals surface area contributed by atoms with Crippen LogP contribution in [0, 0.1) is 5.92 Å². The van der Waals surface area contributed by atoms with Gasteiger partial charge in [-0.05, 0) is 12.1 Å². The van der Waals surface area contributed by atoms with Crippen molar-refractivity contribution in [1.29, 1.82) is 0 Å². The molecule has 0 fully saturated rings. The van der Waals surface area contributed by atoms with Crippen molar-refractivity contribution in [2.45, 2.75) is 6.92 Å². The molecule has 0 aromatic heterocycles. The number of amides is 2. The van der Waals surface area contributed by atoms with Crippen LogP contribution >= 0.6 is 0 Å². The molecule has 1 unspecified atom stereocenters. The van der Waals surface area contributed by atoms with Crippen LogP contribution < -0.4 is 10.6 Å². The van der Waals surface area contributed by atoms with Gasteiger partial charge in [0.25, 0.3) is 5.91 Å². The Morgan fingerprint density at radius 3 is 2.47 bits per heavy atom. The molecule has 0 saturated heterocycles. The normalized spacial score (nSPS) is 11.6. The molecule has 1 aromatic carbocycles. The average molecular weight is 263 g/mol. The SMILES string of the molecule is CNC(=O)C(C)CN(C)C(=O)c1ccccc1NC. The summed E-state index contributed by atoms with van der Waals surface area (Å²) < 4.78 is 0. The number of hydrogen-bond donors (Lipinski definition) is 2. The van der Waals surface area contributed by atoms with Crippen LogP contribution in [0.3, 0.4) is 0 Å². The third kappa shape index (κ3) is 3.71. The van der Waals surface area contributed by atoms with Crippen molar-refractivity contribution in [2.24, 2.45) is 5.92 Å². The zero-order valence-electron chi connectivity index (χ0n) is 11.9. The zero-order valence-corrected chi connectivity index (χ0v) is 11.9. The Bertz CT molecular complexity index is 460. The predicted octanol–water partition coefficient (Wildman–Crippen LogP) is 1.18. The predicted molar refractivity (Wildman–Crippen MR) is 76.2 cm³/mol. The van der Waals surface area contributed by atoms with Crippen molar-refractivity contribution in [3.8, 4) is 0 Å². The van der Waals surface area contributed by atoms with E-state index in [1.807, 2.05) is 18.2 Å². The van der Waals surface area contributed by atoms with Gasteiger partial charge in [-0.25, -0.2) is 0 Å². The number of hydrogen-bond acceptors (Lipinski definition) is 3. The fourth-order valence-electron chi connectivity index (χ4n) is 1.92. The van der Waals surface area contributed by atoms with Crippen molar-refractivity contribution in [3.05, 3.63) is 29.8 Å². The number of anilines is 1. The van der Waals surface area contributed by atoms with Gasteiger partial charge in [0, 0.05) is 33.4 Å². The maximum atomic E-state index is 12.3. The minimum atomic E-state index is -0.235. The van der Waals surface area contributed by atoms with E-state index in [2.05, 4.69) is 10.6 Å². The van der Waals surface area contributed by atoms with Crippen LogP contribution in [0.4, 0.5) is 5.69 Å². The van der Waals surface area contributed by atoms with Crippen molar-refractivity contribution >= 4 is 17.5 Å². The van der Waals surface area contributed by atoms with Crippen LogP contribution in [0.25, 0.3) is 0 Å². The van der Waals surface area contributed by atoms with Gasteiger partial charge in [0.2, 0.25) is 5.91 Å². The van der Waals surface area contributed by atoms with E-state index in [1.165, 1.54) is 0 Å². The third-order valence-corrected chi connectivity index (χ3v) is 3.02. The Morgan fingerprint density at radius 2 is 1.89 bits per heavy atom. The second-order valence-corrected chi connectivity index (χ2v) is 4.50. The van der Waals surface area contributed by atoms with Gasteiger partial charge in [0.15, 0.2) is 0 Å². The standard InChI is InChI=1S/C14H21N3O2/c1-10(13(18)16-3)9-17(4)14(19)11-7-5-6-8-12(11)15-2/h5-8,10,15H,9H2,1-4H3,(H,16,18). The van der Waals surface area contributed by atoms with E-state index in [4.69, 9.17) is 0 Å². The number of para-hydroxylation sites is 1. The van der Waals surface area contributed by atoms with Crippen LogP contribution in [-0.4, -0.2) is 44.4 Å². The Kier molecular flexibility index (Phi) is 5.36. The molecule has 0 saturated carbocycles. The molecule has 0 aliphatic carbocycles. The fourth-order valence-corrected chi connectivity index (χ4v) is 1.92. The van der Waals surface area contributed by atoms with Gasteiger partial charge in [0.05, 0.1) is 11.5 Å². The summed E-state index contributed by atoms with van der Waals surface area (Å²) in [6.45, 7) is 2.18. The van der Waals surface area contributed by atoms with Gasteiger partial charge in [-0.3, -0.25) is 9.59 Å². The zero-order chi connectivity index (χ0) is 14.4. The van der Waals surface area contributed by atoms with Gasteiger partial charge < -0.3 is 15.5 Å². The molecular weight excluding hydrogens is 242 g/mol. The lowest BCUT2D eigenvalue weighted by Gasteiger charge is -2.22. The summed E-state index contributed by atoms with van der Waals surface area (Å²) in [4.78, 5) is 25.4. The highest BCUT2D eigenvalue weighted by Crippen LogP contribution is 2.16. The Hall–Kier alpha value is -2.04. The van der Waals surface area contributed by atoms with E-state index >= 15 is 0 Å². The highest BCUT2D eigenvalue weighted by atomic mass is 16.2. The molecular formula is C14H21N3O2. The molecule has 1 aromatic rings. The minimum absolute atomic E-state index is 0.0680. The number of carbonyl (C=O) groups excluding carboxylic acids is 2. The summed E-state index contributed by atoms with van der Waals surface area (Å²) in [7, 11) is 5.07. The lowest BCUT2D eigenvalue weighted by Crippen LogP contribution is -2.37. The van der Waals surface area contributed by atoms with E-state index in [-0.39, 0.29) is 17.7 Å². The highest BCUT2D eigenvalue weighted by molar-refractivity contribution is 5.99. The molecule has 2 N–H and O–H groups in total. The summed E-state index contributed by atoms with van der Waals surface area (Å²) in [5.74, 6) is -0.400.